The molecule has 0 heterocycles. The third-order valence-electron chi connectivity index (χ3n) is 3.00. The molecule has 94 valence electrons. The van der Waals surface area contributed by atoms with Gasteiger partial charge in [-0.25, -0.2) is 0 Å². The van der Waals surface area contributed by atoms with E-state index < -0.39 is 0 Å². The lowest BCUT2D eigenvalue weighted by Gasteiger charge is -2.10. The Hall–Kier alpha value is -1.96. The number of hydrogen-bond donors (Lipinski definition) is 0. The average Bonchev–Trinajstić information content (AvgIpc) is 2.41. The van der Waals surface area contributed by atoms with Gasteiger partial charge in [0.25, 0.3) is 0 Å². The maximum absolute atomic E-state index is 5.42. The Bertz CT molecular complexity index is 515. The van der Waals surface area contributed by atoms with E-state index in [1.165, 1.54) is 16.7 Å². The van der Waals surface area contributed by atoms with Gasteiger partial charge in [0.05, 0.1) is 14.2 Å². The van der Waals surface area contributed by atoms with Crippen LogP contribution in [-0.2, 0) is 6.42 Å². The van der Waals surface area contributed by atoms with E-state index in [2.05, 4.69) is 37.3 Å². The van der Waals surface area contributed by atoms with Gasteiger partial charge >= 0.3 is 0 Å². The summed E-state index contributed by atoms with van der Waals surface area (Å²) in [5, 5.41) is 0. The number of methoxy groups -OCH3 is 2. The second-order valence-corrected chi connectivity index (χ2v) is 4.34. The molecule has 0 aliphatic heterocycles. The monoisotopic (exact) mass is 242 g/mol. The molecular weight excluding hydrogens is 224 g/mol. The van der Waals surface area contributed by atoms with Gasteiger partial charge in [-0.05, 0) is 41.8 Å². The summed E-state index contributed by atoms with van der Waals surface area (Å²) in [5.41, 5.74) is 3.66. The summed E-state index contributed by atoms with van der Waals surface area (Å²) in [6.07, 6.45) is 0.868. The van der Waals surface area contributed by atoms with Crippen LogP contribution in [0.2, 0.25) is 0 Å². The highest BCUT2D eigenvalue weighted by Crippen LogP contribution is 2.23. The molecule has 0 unspecified atom stereocenters. The van der Waals surface area contributed by atoms with Crippen LogP contribution >= 0.6 is 0 Å². The van der Waals surface area contributed by atoms with Crippen LogP contribution in [0.4, 0.5) is 0 Å². The Morgan fingerprint density at radius 2 is 1.61 bits per heavy atom. The Labute approximate surface area is 108 Å². The highest BCUT2D eigenvalue weighted by molar-refractivity contribution is 5.41. The summed E-state index contributed by atoms with van der Waals surface area (Å²) in [6.45, 7) is 2.07. The second kappa shape index (κ2) is 5.58. The van der Waals surface area contributed by atoms with Crippen molar-refractivity contribution in [3.05, 3.63) is 59.2 Å². The first-order valence-electron chi connectivity index (χ1n) is 5.99. The molecule has 0 bridgehead atoms. The lowest BCUT2D eigenvalue weighted by atomic mass is 10.0. The van der Waals surface area contributed by atoms with Gasteiger partial charge in [0, 0.05) is 6.42 Å². The third kappa shape index (κ3) is 2.83. The molecule has 2 aromatic carbocycles. The molecule has 0 saturated carbocycles. The first kappa shape index (κ1) is 12.5. The van der Waals surface area contributed by atoms with Crippen LogP contribution in [0.3, 0.4) is 0 Å². The molecule has 0 aliphatic carbocycles. The lowest BCUT2D eigenvalue weighted by Crippen LogP contribution is -1.94. The topological polar surface area (TPSA) is 18.5 Å². The number of hydrogen-bond acceptors (Lipinski definition) is 2. The van der Waals surface area contributed by atoms with E-state index in [1.54, 1.807) is 14.2 Å². The number of aryl methyl sites for hydroxylation is 1. The van der Waals surface area contributed by atoms with E-state index in [1.807, 2.05) is 12.1 Å². The van der Waals surface area contributed by atoms with Crippen LogP contribution in [0.5, 0.6) is 11.5 Å². The first-order chi connectivity index (χ1) is 8.72. The minimum atomic E-state index is 0.868. The standard InChI is InChI=1S/C16H18O2/c1-12-4-7-14(16(10-12)18-3)11-13-5-8-15(17-2)9-6-13/h4-10H,11H2,1-3H3. The fourth-order valence-electron chi connectivity index (χ4n) is 1.96. The number of rotatable bonds is 4. The van der Waals surface area contributed by atoms with Crippen LogP contribution in [-0.4, -0.2) is 14.2 Å². The van der Waals surface area contributed by atoms with Crippen LogP contribution in [0, 0.1) is 6.92 Å². The molecule has 2 heteroatoms. The van der Waals surface area contributed by atoms with Crippen LogP contribution in [0.25, 0.3) is 0 Å². The normalized spacial score (nSPS) is 10.2. The van der Waals surface area contributed by atoms with Crippen molar-refractivity contribution in [3.63, 3.8) is 0 Å². The summed E-state index contributed by atoms with van der Waals surface area (Å²) in [4.78, 5) is 0. The molecule has 0 amide bonds. The average molecular weight is 242 g/mol. The smallest absolute Gasteiger partial charge is 0.122 e. The largest absolute Gasteiger partial charge is 0.497 e. The Morgan fingerprint density at radius 3 is 2.22 bits per heavy atom. The van der Waals surface area contributed by atoms with Gasteiger partial charge in [0.2, 0.25) is 0 Å². The molecule has 2 rings (SSSR count). The molecule has 18 heavy (non-hydrogen) atoms. The molecule has 0 saturated heterocycles. The van der Waals surface area contributed by atoms with Crippen LogP contribution in [0.1, 0.15) is 16.7 Å². The Balaban J connectivity index is 2.22. The molecule has 0 atom stereocenters. The second-order valence-electron chi connectivity index (χ2n) is 4.34. The maximum Gasteiger partial charge on any atom is 0.122 e. The highest BCUT2D eigenvalue weighted by Gasteiger charge is 2.04. The molecule has 0 spiro atoms. The number of benzene rings is 2. The molecule has 2 aromatic rings. The van der Waals surface area contributed by atoms with E-state index in [4.69, 9.17) is 9.47 Å². The summed E-state index contributed by atoms with van der Waals surface area (Å²) < 4.78 is 10.6. The van der Waals surface area contributed by atoms with Crippen molar-refractivity contribution >= 4 is 0 Å². The minimum absolute atomic E-state index is 0.868. The lowest BCUT2D eigenvalue weighted by molar-refractivity contribution is 0.410. The third-order valence-corrected chi connectivity index (χ3v) is 3.00. The summed E-state index contributed by atoms with van der Waals surface area (Å²) in [6, 6.07) is 14.4. The quantitative estimate of drug-likeness (QED) is 0.815. The molecule has 0 fully saturated rings. The predicted octanol–water partition coefficient (Wildman–Crippen LogP) is 3.60. The van der Waals surface area contributed by atoms with Gasteiger partial charge < -0.3 is 9.47 Å². The van der Waals surface area contributed by atoms with Crippen molar-refractivity contribution in [2.45, 2.75) is 13.3 Å². The highest BCUT2D eigenvalue weighted by atomic mass is 16.5. The SMILES string of the molecule is COc1ccc(Cc2ccc(C)cc2OC)cc1. The Morgan fingerprint density at radius 1 is 0.889 bits per heavy atom. The maximum atomic E-state index is 5.42. The zero-order chi connectivity index (χ0) is 13.0. The van der Waals surface area contributed by atoms with Gasteiger partial charge in [-0.3, -0.25) is 0 Å². The van der Waals surface area contributed by atoms with E-state index in [0.29, 0.717) is 0 Å². The Kier molecular flexibility index (Phi) is 3.88. The summed E-state index contributed by atoms with van der Waals surface area (Å²) in [5.74, 6) is 1.83. The first-order valence-corrected chi connectivity index (χ1v) is 5.99. The van der Waals surface area contributed by atoms with Crippen molar-refractivity contribution in [2.24, 2.45) is 0 Å². The zero-order valence-corrected chi connectivity index (χ0v) is 11.1. The van der Waals surface area contributed by atoms with Gasteiger partial charge in [0.1, 0.15) is 11.5 Å². The predicted molar refractivity (Wildman–Crippen MR) is 73.5 cm³/mol. The van der Waals surface area contributed by atoms with Crippen molar-refractivity contribution in [1.82, 2.24) is 0 Å². The van der Waals surface area contributed by atoms with Crippen molar-refractivity contribution in [3.8, 4) is 11.5 Å². The van der Waals surface area contributed by atoms with Crippen molar-refractivity contribution < 1.29 is 9.47 Å². The fraction of sp³-hybridized carbons (Fsp3) is 0.250. The molecule has 0 radical (unpaired) electrons. The van der Waals surface area contributed by atoms with Gasteiger partial charge in [-0.15, -0.1) is 0 Å². The molecule has 0 N–H and O–H groups in total. The summed E-state index contributed by atoms with van der Waals surface area (Å²) in [7, 11) is 3.39. The van der Waals surface area contributed by atoms with Gasteiger partial charge in [-0.1, -0.05) is 24.3 Å². The molecule has 2 nitrogen and oxygen atoms in total. The van der Waals surface area contributed by atoms with Crippen LogP contribution < -0.4 is 9.47 Å². The van der Waals surface area contributed by atoms with E-state index in [0.717, 1.165) is 17.9 Å². The van der Waals surface area contributed by atoms with Crippen LogP contribution in [0.15, 0.2) is 42.5 Å². The molecule has 0 aromatic heterocycles. The van der Waals surface area contributed by atoms with E-state index >= 15 is 0 Å². The fourth-order valence-corrected chi connectivity index (χ4v) is 1.96. The van der Waals surface area contributed by atoms with Gasteiger partial charge in [0.15, 0.2) is 0 Å². The summed E-state index contributed by atoms with van der Waals surface area (Å²) >= 11 is 0. The van der Waals surface area contributed by atoms with Crippen molar-refractivity contribution in [1.29, 1.82) is 0 Å². The molecule has 0 aliphatic rings. The van der Waals surface area contributed by atoms with E-state index in [9.17, 15) is 0 Å². The molecular formula is C16H18O2. The zero-order valence-electron chi connectivity index (χ0n) is 11.1. The number of ether oxygens (including phenoxy) is 2. The van der Waals surface area contributed by atoms with E-state index in [-0.39, 0.29) is 0 Å². The van der Waals surface area contributed by atoms with Gasteiger partial charge in [-0.2, -0.15) is 0 Å². The minimum Gasteiger partial charge on any atom is -0.497 e. The van der Waals surface area contributed by atoms with Crippen molar-refractivity contribution in [2.75, 3.05) is 14.2 Å².